The Bertz CT molecular complexity index is 164. The van der Waals surface area contributed by atoms with Crippen molar-refractivity contribution in [3.63, 3.8) is 0 Å². The Morgan fingerprint density at radius 3 is 2.33 bits per heavy atom. The van der Waals surface area contributed by atoms with E-state index in [4.69, 9.17) is 0 Å². The van der Waals surface area contributed by atoms with Crippen molar-refractivity contribution >= 4 is 0 Å². The molecule has 90 valence electrons. The van der Waals surface area contributed by atoms with Crippen molar-refractivity contribution in [2.24, 2.45) is 5.92 Å². The van der Waals surface area contributed by atoms with Crippen molar-refractivity contribution in [3.8, 4) is 0 Å². The van der Waals surface area contributed by atoms with E-state index < -0.39 is 0 Å². The number of rotatable bonds is 5. The Morgan fingerprint density at radius 1 is 1.20 bits per heavy atom. The predicted octanol–water partition coefficient (Wildman–Crippen LogP) is 0.868. The van der Waals surface area contributed by atoms with Crippen molar-refractivity contribution in [1.29, 1.82) is 0 Å². The van der Waals surface area contributed by atoms with Gasteiger partial charge in [0.2, 0.25) is 0 Å². The molecule has 0 aromatic carbocycles. The quantitative estimate of drug-likeness (QED) is 0.731. The molecule has 1 rings (SSSR count). The molecule has 3 heteroatoms. The highest BCUT2D eigenvalue weighted by atomic mass is 15.2. The fourth-order valence-corrected chi connectivity index (χ4v) is 2.09. The summed E-state index contributed by atoms with van der Waals surface area (Å²) < 4.78 is 0. The SMILES string of the molecule is CC(CN1CCNCC1)CN(C)C(C)C. The van der Waals surface area contributed by atoms with Crippen LogP contribution in [0.3, 0.4) is 0 Å². The summed E-state index contributed by atoms with van der Waals surface area (Å²) in [6.45, 7) is 14.1. The molecule has 0 amide bonds. The largest absolute Gasteiger partial charge is 0.314 e. The molecule has 0 aromatic rings. The van der Waals surface area contributed by atoms with E-state index in [0.29, 0.717) is 6.04 Å². The van der Waals surface area contributed by atoms with Crippen LogP contribution in [0.2, 0.25) is 0 Å². The summed E-state index contributed by atoms with van der Waals surface area (Å²) in [6.07, 6.45) is 0. The van der Waals surface area contributed by atoms with Gasteiger partial charge < -0.3 is 15.1 Å². The lowest BCUT2D eigenvalue weighted by molar-refractivity contribution is 0.170. The molecule has 1 unspecified atom stereocenters. The van der Waals surface area contributed by atoms with Gasteiger partial charge in [0.05, 0.1) is 0 Å². The fourth-order valence-electron chi connectivity index (χ4n) is 2.09. The maximum Gasteiger partial charge on any atom is 0.0107 e. The lowest BCUT2D eigenvalue weighted by atomic mass is 10.1. The first-order valence-electron chi connectivity index (χ1n) is 6.23. The van der Waals surface area contributed by atoms with Gasteiger partial charge in [-0.25, -0.2) is 0 Å². The van der Waals surface area contributed by atoms with E-state index in [0.717, 1.165) is 19.0 Å². The van der Waals surface area contributed by atoms with Gasteiger partial charge in [0.15, 0.2) is 0 Å². The molecule has 1 saturated heterocycles. The van der Waals surface area contributed by atoms with Crippen LogP contribution in [0, 0.1) is 5.92 Å². The van der Waals surface area contributed by atoms with Crippen LogP contribution in [0.4, 0.5) is 0 Å². The summed E-state index contributed by atoms with van der Waals surface area (Å²) in [4.78, 5) is 5.02. The minimum Gasteiger partial charge on any atom is -0.314 e. The molecule has 1 aliphatic rings. The minimum atomic E-state index is 0.662. The maximum atomic E-state index is 3.39. The van der Waals surface area contributed by atoms with E-state index >= 15 is 0 Å². The maximum absolute atomic E-state index is 3.39. The van der Waals surface area contributed by atoms with Crippen LogP contribution < -0.4 is 5.32 Å². The smallest absolute Gasteiger partial charge is 0.0107 e. The van der Waals surface area contributed by atoms with Crippen LogP contribution in [-0.4, -0.2) is 62.2 Å². The highest BCUT2D eigenvalue weighted by Crippen LogP contribution is 2.05. The lowest BCUT2D eigenvalue weighted by Gasteiger charge is -2.32. The Kier molecular flexibility index (Phi) is 5.58. The third kappa shape index (κ3) is 4.96. The molecule has 1 fully saturated rings. The minimum absolute atomic E-state index is 0.662. The van der Waals surface area contributed by atoms with Crippen LogP contribution in [0.5, 0.6) is 0 Å². The van der Waals surface area contributed by atoms with Gasteiger partial charge in [-0.3, -0.25) is 0 Å². The predicted molar refractivity (Wildman–Crippen MR) is 66.2 cm³/mol. The summed E-state index contributed by atoms with van der Waals surface area (Å²) in [5.74, 6) is 0.774. The van der Waals surface area contributed by atoms with E-state index in [9.17, 15) is 0 Å². The molecule has 0 aromatic heterocycles. The Balaban J connectivity index is 2.19. The molecule has 0 aliphatic carbocycles. The van der Waals surface area contributed by atoms with Gasteiger partial charge in [-0.2, -0.15) is 0 Å². The lowest BCUT2D eigenvalue weighted by Crippen LogP contribution is -2.46. The monoisotopic (exact) mass is 213 g/mol. The van der Waals surface area contributed by atoms with Crippen molar-refractivity contribution in [3.05, 3.63) is 0 Å². The Labute approximate surface area is 94.8 Å². The standard InChI is InChI=1S/C12H27N3/c1-11(2)14(4)9-12(3)10-15-7-5-13-6-8-15/h11-13H,5-10H2,1-4H3. The number of hydrogen-bond acceptors (Lipinski definition) is 3. The summed E-state index contributed by atoms with van der Waals surface area (Å²) >= 11 is 0. The van der Waals surface area contributed by atoms with Gasteiger partial charge in [0, 0.05) is 45.3 Å². The molecular weight excluding hydrogens is 186 g/mol. The van der Waals surface area contributed by atoms with Gasteiger partial charge in [-0.05, 0) is 26.8 Å². The third-order valence-corrected chi connectivity index (χ3v) is 3.26. The zero-order valence-electron chi connectivity index (χ0n) is 10.8. The van der Waals surface area contributed by atoms with E-state index in [1.165, 1.54) is 26.2 Å². The molecule has 0 spiro atoms. The summed E-state index contributed by atoms with van der Waals surface area (Å²) in [5.41, 5.74) is 0. The highest BCUT2D eigenvalue weighted by Gasteiger charge is 2.15. The van der Waals surface area contributed by atoms with Gasteiger partial charge in [0.1, 0.15) is 0 Å². The van der Waals surface area contributed by atoms with Gasteiger partial charge in [0.25, 0.3) is 0 Å². The van der Waals surface area contributed by atoms with Crippen molar-refractivity contribution in [1.82, 2.24) is 15.1 Å². The fraction of sp³-hybridized carbons (Fsp3) is 1.00. The summed E-state index contributed by atoms with van der Waals surface area (Å²) in [6, 6.07) is 0.662. The molecule has 1 atom stereocenters. The molecular formula is C12H27N3. The number of piperazine rings is 1. The van der Waals surface area contributed by atoms with Gasteiger partial charge in [-0.1, -0.05) is 6.92 Å². The molecule has 0 bridgehead atoms. The molecule has 15 heavy (non-hydrogen) atoms. The normalized spacial score (nSPS) is 21.2. The van der Waals surface area contributed by atoms with Crippen LogP contribution in [-0.2, 0) is 0 Å². The van der Waals surface area contributed by atoms with Crippen LogP contribution in [0.25, 0.3) is 0 Å². The van der Waals surface area contributed by atoms with Crippen LogP contribution >= 0.6 is 0 Å². The Morgan fingerprint density at radius 2 is 1.80 bits per heavy atom. The van der Waals surface area contributed by atoms with Gasteiger partial charge in [-0.15, -0.1) is 0 Å². The molecule has 0 saturated carbocycles. The molecule has 3 nitrogen and oxygen atoms in total. The van der Waals surface area contributed by atoms with E-state index in [1.54, 1.807) is 0 Å². The van der Waals surface area contributed by atoms with Crippen molar-refractivity contribution in [2.75, 3.05) is 46.3 Å². The first kappa shape index (κ1) is 12.9. The summed E-state index contributed by atoms with van der Waals surface area (Å²) in [5, 5.41) is 3.39. The number of nitrogens with one attached hydrogen (secondary N) is 1. The van der Waals surface area contributed by atoms with Crippen LogP contribution in [0.1, 0.15) is 20.8 Å². The first-order chi connectivity index (χ1) is 7.09. The molecule has 1 N–H and O–H groups in total. The highest BCUT2D eigenvalue weighted by molar-refractivity contribution is 4.71. The molecule has 1 heterocycles. The van der Waals surface area contributed by atoms with E-state index in [1.807, 2.05) is 0 Å². The third-order valence-electron chi connectivity index (χ3n) is 3.26. The van der Waals surface area contributed by atoms with E-state index in [-0.39, 0.29) is 0 Å². The Hall–Kier alpha value is -0.120. The van der Waals surface area contributed by atoms with Crippen molar-refractivity contribution in [2.45, 2.75) is 26.8 Å². The zero-order valence-corrected chi connectivity index (χ0v) is 10.8. The first-order valence-corrected chi connectivity index (χ1v) is 6.23. The topological polar surface area (TPSA) is 18.5 Å². The van der Waals surface area contributed by atoms with E-state index in [2.05, 4.69) is 42.9 Å². The summed E-state index contributed by atoms with van der Waals surface area (Å²) in [7, 11) is 2.22. The average Bonchev–Trinajstić information content (AvgIpc) is 2.18. The zero-order chi connectivity index (χ0) is 11.3. The number of hydrogen-bond donors (Lipinski definition) is 1. The molecule has 0 radical (unpaired) electrons. The second-order valence-corrected chi connectivity index (χ2v) is 5.19. The van der Waals surface area contributed by atoms with Crippen molar-refractivity contribution < 1.29 is 0 Å². The van der Waals surface area contributed by atoms with Crippen LogP contribution in [0.15, 0.2) is 0 Å². The number of nitrogens with zero attached hydrogens (tertiary/aromatic N) is 2. The van der Waals surface area contributed by atoms with Gasteiger partial charge >= 0.3 is 0 Å². The second-order valence-electron chi connectivity index (χ2n) is 5.19. The average molecular weight is 213 g/mol. The second kappa shape index (κ2) is 6.46. The molecule has 1 aliphatic heterocycles.